The zero-order valence-corrected chi connectivity index (χ0v) is 11.9. The minimum absolute atomic E-state index is 0.0406. The molecule has 0 amide bonds. The van der Waals surface area contributed by atoms with E-state index in [0.29, 0.717) is 11.3 Å². The van der Waals surface area contributed by atoms with Crippen molar-refractivity contribution in [2.24, 2.45) is 0 Å². The first-order chi connectivity index (χ1) is 10.0. The first-order valence-corrected chi connectivity index (χ1v) is 6.50. The number of aliphatic carboxylic acids is 1. The van der Waals surface area contributed by atoms with Gasteiger partial charge in [0.05, 0.1) is 19.1 Å². The number of aromatic amines is 1. The maximum Gasteiger partial charge on any atom is 0.312 e. The number of ether oxygens (including phenoxy) is 1. The van der Waals surface area contributed by atoms with E-state index in [1.54, 1.807) is 24.3 Å². The highest BCUT2D eigenvalue weighted by Crippen LogP contribution is 2.27. The second kappa shape index (κ2) is 6.41. The molecule has 6 nitrogen and oxygen atoms in total. The van der Waals surface area contributed by atoms with Gasteiger partial charge in [-0.1, -0.05) is 29.8 Å². The summed E-state index contributed by atoms with van der Waals surface area (Å²) in [5.74, 6) is -1.57. The van der Waals surface area contributed by atoms with Gasteiger partial charge in [0.1, 0.15) is 16.7 Å². The summed E-state index contributed by atoms with van der Waals surface area (Å²) in [7, 11) is 1.51. The average molecular weight is 309 g/mol. The second-order valence-corrected chi connectivity index (χ2v) is 4.72. The molecule has 1 aromatic heterocycles. The van der Waals surface area contributed by atoms with Crippen molar-refractivity contribution >= 4 is 17.6 Å². The Morgan fingerprint density at radius 2 is 2.19 bits per heavy atom. The summed E-state index contributed by atoms with van der Waals surface area (Å²) in [6.07, 6.45) is 1.26. The van der Waals surface area contributed by atoms with Gasteiger partial charge >= 0.3 is 5.97 Å². The molecule has 0 saturated heterocycles. The molecule has 7 heteroatoms. The number of halogens is 1. The van der Waals surface area contributed by atoms with Gasteiger partial charge in [0, 0.05) is 0 Å². The lowest BCUT2D eigenvalue weighted by molar-refractivity contribution is -0.138. The minimum atomic E-state index is -1.11. The molecule has 0 spiro atoms. The maximum atomic E-state index is 11.5. The summed E-state index contributed by atoms with van der Waals surface area (Å²) >= 11 is 5.87. The van der Waals surface area contributed by atoms with Crippen molar-refractivity contribution in [3.63, 3.8) is 0 Å². The molecule has 1 aromatic carbocycles. The van der Waals surface area contributed by atoms with Crippen LogP contribution in [0.4, 0.5) is 0 Å². The fraction of sp³-hybridized carbons (Fsp3) is 0.214. The normalized spacial score (nSPS) is 11.9. The van der Waals surface area contributed by atoms with Crippen LogP contribution in [0, 0.1) is 0 Å². The van der Waals surface area contributed by atoms with E-state index in [2.05, 4.69) is 9.97 Å². The topological polar surface area (TPSA) is 92.3 Å². The Morgan fingerprint density at radius 1 is 1.48 bits per heavy atom. The van der Waals surface area contributed by atoms with Gasteiger partial charge in [0.25, 0.3) is 5.56 Å². The predicted octanol–water partition coefficient (Wildman–Crippen LogP) is 1.84. The Bertz CT molecular complexity index is 714. The molecule has 0 saturated carbocycles. The van der Waals surface area contributed by atoms with Crippen LogP contribution in [0.5, 0.6) is 5.75 Å². The number of carboxylic acids is 1. The van der Waals surface area contributed by atoms with Crippen molar-refractivity contribution in [3.05, 3.63) is 57.2 Å². The molecule has 0 aliphatic carbocycles. The van der Waals surface area contributed by atoms with E-state index in [1.165, 1.54) is 7.11 Å². The highest BCUT2D eigenvalue weighted by atomic mass is 35.5. The fourth-order valence-electron chi connectivity index (χ4n) is 2.03. The number of aromatic nitrogens is 2. The molecule has 0 radical (unpaired) electrons. The van der Waals surface area contributed by atoms with Gasteiger partial charge in [-0.3, -0.25) is 9.59 Å². The molecule has 2 rings (SSSR count). The number of methoxy groups -OCH3 is 1. The summed E-state index contributed by atoms with van der Waals surface area (Å²) in [4.78, 5) is 29.2. The largest absolute Gasteiger partial charge is 0.496 e. The summed E-state index contributed by atoms with van der Waals surface area (Å²) in [6.45, 7) is 0. The van der Waals surface area contributed by atoms with E-state index >= 15 is 0 Å². The Kier molecular flexibility index (Phi) is 4.59. The lowest BCUT2D eigenvalue weighted by Crippen LogP contribution is -2.20. The van der Waals surface area contributed by atoms with Crippen LogP contribution in [-0.2, 0) is 11.2 Å². The Labute approximate surface area is 125 Å². The van der Waals surface area contributed by atoms with Crippen LogP contribution in [-0.4, -0.2) is 28.2 Å². The first-order valence-electron chi connectivity index (χ1n) is 6.12. The van der Waals surface area contributed by atoms with Gasteiger partial charge < -0.3 is 14.8 Å². The van der Waals surface area contributed by atoms with Gasteiger partial charge in [-0.2, -0.15) is 0 Å². The van der Waals surface area contributed by atoms with Crippen molar-refractivity contribution in [2.75, 3.05) is 7.11 Å². The molecule has 2 N–H and O–H groups in total. The molecule has 2 aromatic rings. The lowest BCUT2D eigenvalue weighted by Gasteiger charge is -2.14. The minimum Gasteiger partial charge on any atom is -0.496 e. The third-order valence-corrected chi connectivity index (χ3v) is 3.43. The van der Waals surface area contributed by atoms with E-state index in [0.717, 1.165) is 6.33 Å². The van der Waals surface area contributed by atoms with Crippen LogP contribution in [0.3, 0.4) is 0 Å². The molecule has 1 unspecified atom stereocenters. The van der Waals surface area contributed by atoms with E-state index in [9.17, 15) is 14.7 Å². The first kappa shape index (κ1) is 15.1. The highest BCUT2D eigenvalue weighted by molar-refractivity contribution is 6.31. The number of hydrogen-bond acceptors (Lipinski definition) is 4. The van der Waals surface area contributed by atoms with Gasteiger partial charge in [-0.15, -0.1) is 0 Å². The second-order valence-electron chi connectivity index (χ2n) is 4.34. The number of benzene rings is 1. The fourth-order valence-corrected chi connectivity index (χ4v) is 2.27. The van der Waals surface area contributed by atoms with Crippen LogP contribution >= 0.6 is 11.6 Å². The van der Waals surface area contributed by atoms with Crippen LogP contribution in [0.15, 0.2) is 35.4 Å². The van der Waals surface area contributed by atoms with Crippen molar-refractivity contribution in [1.29, 1.82) is 0 Å². The molecule has 1 heterocycles. The summed E-state index contributed by atoms with van der Waals surface area (Å²) in [6, 6.07) is 7.07. The predicted molar refractivity (Wildman–Crippen MR) is 76.9 cm³/mol. The Balaban J connectivity index is 2.43. The summed E-state index contributed by atoms with van der Waals surface area (Å²) in [5.41, 5.74) is 0.178. The molecule has 1 atom stereocenters. The highest BCUT2D eigenvalue weighted by Gasteiger charge is 2.26. The van der Waals surface area contributed by atoms with E-state index in [-0.39, 0.29) is 17.1 Å². The molecular weight excluding hydrogens is 296 g/mol. The zero-order valence-electron chi connectivity index (χ0n) is 11.2. The number of nitrogens with zero attached hydrogens (tertiary/aromatic N) is 1. The monoisotopic (exact) mass is 308 g/mol. The quantitative estimate of drug-likeness (QED) is 0.879. The number of hydrogen-bond donors (Lipinski definition) is 2. The van der Waals surface area contributed by atoms with Gasteiger partial charge in [-0.05, 0) is 18.1 Å². The standard InChI is InChI=1S/C14H13ClN2O4/c1-21-10-5-3-2-4-8(10)6-9(14(19)20)12-11(15)13(18)17-7-16-12/h2-5,7,9H,6H2,1H3,(H,19,20)(H,16,17,18). The summed E-state index contributed by atoms with van der Waals surface area (Å²) in [5, 5.41) is 9.21. The van der Waals surface area contributed by atoms with Crippen molar-refractivity contribution in [1.82, 2.24) is 9.97 Å². The molecule has 0 aliphatic rings. The molecule has 0 aliphatic heterocycles. The molecule has 21 heavy (non-hydrogen) atoms. The third kappa shape index (κ3) is 3.22. The molecular formula is C14H13ClN2O4. The third-order valence-electron chi connectivity index (χ3n) is 3.07. The number of nitrogens with one attached hydrogen (secondary N) is 1. The molecule has 110 valence electrons. The lowest BCUT2D eigenvalue weighted by atomic mass is 9.95. The van der Waals surface area contributed by atoms with Gasteiger partial charge in [0.15, 0.2) is 0 Å². The van der Waals surface area contributed by atoms with E-state index in [1.807, 2.05) is 0 Å². The van der Waals surface area contributed by atoms with Crippen LogP contribution < -0.4 is 10.3 Å². The molecule has 0 fully saturated rings. The maximum absolute atomic E-state index is 11.5. The smallest absolute Gasteiger partial charge is 0.312 e. The number of carbonyl (C=O) groups is 1. The van der Waals surface area contributed by atoms with Crippen molar-refractivity contribution < 1.29 is 14.6 Å². The number of carboxylic acid groups (broad SMARTS) is 1. The van der Waals surface area contributed by atoms with Gasteiger partial charge in [0.2, 0.25) is 0 Å². The van der Waals surface area contributed by atoms with Gasteiger partial charge in [-0.25, -0.2) is 4.98 Å². The average Bonchev–Trinajstić information content (AvgIpc) is 2.48. The van der Waals surface area contributed by atoms with E-state index < -0.39 is 17.4 Å². The Hall–Kier alpha value is -2.34. The Morgan fingerprint density at radius 3 is 2.86 bits per heavy atom. The molecule has 0 bridgehead atoms. The van der Waals surface area contributed by atoms with Crippen molar-refractivity contribution in [2.45, 2.75) is 12.3 Å². The SMILES string of the molecule is COc1ccccc1CC(C(=O)O)c1nc[nH]c(=O)c1Cl. The number of para-hydroxylation sites is 1. The number of H-pyrrole nitrogens is 1. The van der Waals surface area contributed by atoms with Crippen LogP contribution in [0.1, 0.15) is 17.2 Å². The van der Waals surface area contributed by atoms with Crippen LogP contribution in [0.25, 0.3) is 0 Å². The summed E-state index contributed by atoms with van der Waals surface area (Å²) < 4.78 is 5.20. The van der Waals surface area contributed by atoms with Crippen LogP contribution in [0.2, 0.25) is 5.02 Å². The van der Waals surface area contributed by atoms with E-state index in [4.69, 9.17) is 16.3 Å². The number of rotatable bonds is 5. The van der Waals surface area contributed by atoms with Crippen molar-refractivity contribution in [3.8, 4) is 5.75 Å². The zero-order chi connectivity index (χ0) is 15.4.